The van der Waals surface area contributed by atoms with Crippen molar-refractivity contribution in [2.45, 2.75) is 37.8 Å². The van der Waals surface area contributed by atoms with Gasteiger partial charge in [-0.3, -0.25) is 13.9 Å². The molecule has 4 aromatic rings. The Kier molecular flexibility index (Phi) is 12.1. The first-order chi connectivity index (χ1) is 21.9. The van der Waals surface area contributed by atoms with E-state index in [1.165, 1.54) is 30.2 Å². The van der Waals surface area contributed by atoms with Crippen LogP contribution >= 0.6 is 39.1 Å². The monoisotopic (exact) mass is 745 g/mol. The number of sulfonamides is 1. The van der Waals surface area contributed by atoms with Gasteiger partial charge >= 0.3 is 0 Å². The SMILES string of the molecule is CCNC(=O)[C@@H](Cc1ccccc1)N(Cc1ccc(Cl)cc1Cl)C(=O)CN(c1ccc(C)cc1)S(=O)(=O)c1ccc(OC)c(Br)c1. The van der Waals surface area contributed by atoms with Crippen LogP contribution in [-0.2, 0) is 32.6 Å². The number of carbonyl (C=O) groups excluding carboxylic acids is 2. The van der Waals surface area contributed by atoms with E-state index in [1.54, 1.807) is 49.4 Å². The second-order valence-corrected chi connectivity index (χ2v) is 14.1. The second-order valence-electron chi connectivity index (χ2n) is 10.5. The molecule has 0 saturated heterocycles. The van der Waals surface area contributed by atoms with Gasteiger partial charge in [-0.25, -0.2) is 8.42 Å². The van der Waals surface area contributed by atoms with Gasteiger partial charge in [-0.15, -0.1) is 0 Å². The molecule has 0 spiro atoms. The van der Waals surface area contributed by atoms with E-state index >= 15 is 0 Å². The van der Waals surface area contributed by atoms with Crippen LogP contribution in [0.3, 0.4) is 0 Å². The summed E-state index contributed by atoms with van der Waals surface area (Å²) in [7, 11) is -2.81. The predicted molar refractivity (Wildman–Crippen MR) is 186 cm³/mol. The third-order valence-corrected chi connectivity index (χ3v) is 10.3. The lowest BCUT2D eigenvalue weighted by Crippen LogP contribution is -2.53. The molecule has 0 saturated carbocycles. The smallest absolute Gasteiger partial charge is 0.264 e. The van der Waals surface area contributed by atoms with Crippen LogP contribution in [-0.4, -0.2) is 51.4 Å². The first-order valence-electron chi connectivity index (χ1n) is 14.4. The number of likely N-dealkylation sites (N-methyl/N-ethyl adjacent to an activating group) is 1. The van der Waals surface area contributed by atoms with Gasteiger partial charge in [-0.05, 0) is 83.4 Å². The molecule has 46 heavy (non-hydrogen) atoms. The van der Waals surface area contributed by atoms with Gasteiger partial charge in [0.1, 0.15) is 18.3 Å². The number of aryl methyl sites for hydroxylation is 1. The fourth-order valence-corrected chi connectivity index (χ4v) is 7.46. The van der Waals surface area contributed by atoms with Crippen LogP contribution < -0.4 is 14.4 Å². The number of nitrogens with zero attached hydrogens (tertiary/aromatic N) is 2. The van der Waals surface area contributed by atoms with Crippen LogP contribution in [0.1, 0.15) is 23.6 Å². The zero-order valence-electron chi connectivity index (χ0n) is 25.5. The van der Waals surface area contributed by atoms with E-state index in [0.29, 0.717) is 32.4 Å². The number of hydrogen-bond donors (Lipinski definition) is 1. The van der Waals surface area contributed by atoms with Crippen molar-refractivity contribution in [3.8, 4) is 5.75 Å². The standard InChI is InChI=1S/C34H34BrCl2N3O5S/c1-4-38-34(42)31(18-24-8-6-5-7-9-24)39(21-25-12-13-26(36)19-30(25)37)33(41)22-40(27-14-10-23(2)11-15-27)46(43,44)28-16-17-32(45-3)29(35)20-28/h5-17,19-20,31H,4,18,21-22H2,1-3H3,(H,38,42)/t31-/m1/s1. The van der Waals surface area contributed by atoms with Gasteiger partial charge in [0.15, 0.2) is 0 Å². The average Bonchev–Trinajstić information content (AvgIpc) is 3.03. The maximum Gasteiger partial charge on any atom is 0.264 e. The third-order valence-electron chi connectivity index (χ3n) is 7.29. The van der Waals surface area contributed by atoms with Crippen molar-refractivity contribution in [2.75, 3.05) is 24.5 Å². The van der Waals surface area contributed by atoms with Gasteiger partial charge in [-0.2, -0.15) is 0 Å². The number of ether oxygens (including phenoxy) is 1. The van der Waals surface area contributed by atoms with E-state index in [2.05, 4.69) is 21.2 Å². The van der Waals surface area contributed by atoms with Crippen LogP contribution in [0.4, 0.5) is 5.69 Å². The third kappa shape index (κ3) is 8.61. The van der Waals surface area contributed by atoms with E-state index in [9.17, 15) is 18.0 Å². The Labute approximate surface area is 288 Å². The maximum atomic E-state index is 14.5. The van der Waals surface area contributed by atoms with E-state index in [4.69, 9.17) is 27.9 Å². The first-order valence-corrected chi connectivity index (χ1v) is 17.4. The Bertz CT molecular complexity index is 1790. The van der Waals surface area contributed by atoms with Crippen molar-refractivity contribution in [1.82, 2.24) is 10.2 Å². The van der Waals surface area contributed by atoms with Gasteiger partial charge in [0, 0.05) is 29.6 Å². The zero-order valence-corrected chi connectivity index (χ0v) is 29.5. The molecule has 0 bridgehead atoms. The lowest BCUT2D eigenvalue weighted by Gasteiger charge is -2.34. The van der Waals surface area contributed by atoms with Crippen LogP contribution in [0.15, 0.2) is 100 Å². The number of nitrogens with one attached hydrogen (secondary N) is 1. The number of benzene rings is 4. The minimum absolute atomic E-state index is 0.0505. The highest BCUT2D eigenvalue weighted by atomic mass is 79.9. The predicted octanol–water partition coefficient (Wildman–Crippen LogP) is 7.04. The molecule has 0 aliphatic rings. The van der Waals surface area contributed by atoms with Crippen LogP contribution in [0, 0.1) is 6.92 Å². The van der Waals surface area contributed by atoms with Crippen molar-refractivity contribution < 1.29 is 22.7 Å². The molecule has 0 aliphatic carbocycles. The normalized spacial score (nSPS) is 11.9. The molecule has 0 fully saturated rings. The van der Waals surface area contributed by atoms with Crippen LogP contribution in [0.5, 0.6) is 5.75 Å². The molecule has 0 heterocycles. The summed E-state index contributed by atoms with van der Waals surface area (Å²) >= 11 is 16.1. The molecule has 0 aromatic heterocycles. The van der Waals surface area contributed by atoms with Gasteiger partial charge in [0.2, 0.25) is 11.8 Å². The van der Waals surface area contributed by atoms with Gasteiger partial charge < -0.3 is 15.0 Å². The van der Waals surface area contributed by atoms with Crippen molar-refractivity contribution >= 4 is 66.7 Å². The Balaban J connectivity index is 1.82. The van der Waals surface area contributed by atoms with E-state index in [-0.39, 0.29) is 29.5 Å². The molecule has 4 rings (SSSR count). The molecule has 1 N–H and O–H groups in total. The number of rotatable bonds is 13. The average molecular weight is 748 g/mol. The molecule has 2 amide bonds. The number of hydrogen-bond acceptors (Lipinski definition) is 5. The van der Waals surface area contributed by atoms with Gasteiger partial charge in [-0.1, -0.05) is 77.3 Å². The van der Waals surface area contributed by atoms with Crippen molar-refractivity contribution in [2.24, 2.45) is 0 Å². The van der Waals surface area contributed by atoms with Gasteiger partial charge in [0.05, 0.1) is 22.2 Å². The molecule has 0 aliphatic heterocycles. The summed E-state index contributed by atoms with van der Waals surface area (Å²) in [4.78, 5) is 29.5. The molecule has 0 radical (unpaired) electrons. The highest BCUT2D eigenvalue weighted by Crippen LogP contribution is 2.31. The summed E-state index contributed by atoms with van der Waals surface area (Å²) in [6.45, 7) is 3.35. The molecule has 8 nitrogen and oxygen atoms in total. The number of methoxy groups -OCH3 is 1. The Morgan fingerprint density at radius 3 is 2.26 bits per heavy atom. The summed E-state index contributed by atoms with van der Waals surface area (Å²) in [6.07, 6.45) is 0.187. The summed E-state index contributed by atoms with van der Waals surface area (Å²) in [5.41, 5.74) is 2.57. The van der Waals surface area contributed by atoms with Gasteiger partial charge in [0.25, 0.3) is 10.0 Å². The maximum absolute atomic E-state index is 14.5. The summed E-state index contributed by atoms with van der Waals surface area (Å²) in [6, 6.07) is 24.4. The fraction of sp³-hybridized carbons (Fsp3) is 0.235. The number of carbonyl (C=O) groups is 2. The highest BCUT2D eigenvalue weighted by Gasteiger charge is 2.35. The largest absolute Gasteiger partial charge is 0.496 e. The summed E-state index contributed by atoms with van der Waals surface area (Å²) in [5.74, 6) is -0.530. The van der Waals surface area contributed by atoms with Crippen molar-refractivity contribution in [3.05, 3.63) is 122 Å². The molecule has 242 valence electrons. The van der Waals surface area contributed by atoms with E-state index in [1.807, 2.05) is 37.3 Å². The van der Waals surface area contributed by atoms with E-state index in [0.717, 1.165) is 15.4 Å². The Hall–Kier alpha value is -3.57. The fourth-order valence-electron chi connectivity index (χ4n) is 4.85. The van der Waals surface area contributed by atoms with Crippen molar-refractivity contribution in [1.29, 1.82) is 0 Å². The van der Waals surface area contributed by atoms with Crippen molar-refractivity contribution in [3.63, 3.8) is 0 Å². The summed E-state index contributed by atoms with van der Waals surface area (Å²) in [5, 5.41) is 3.57. The lowest BCUT2D eigenvalue weighted by atomic mass is 10.0. The minimum atomic E-state index is -4.29. The molecular weight excluding hydrogens is 713 g/mol. The van der Waals surface area contributed by atoms with E-state index < -0.39 is 28.5 Å². The summed E-state index contributed by atoms with van der Waals surface area (Å²) < 4.78 is 35.3. The zero-order chi connectivity index (χ0) is 33.4. The quantitative estimate of drug-likeness (QED) is 0.158. The molecule has 1 atom stereocenters. The minimum Gasteiger partial charge on any atom is -0.496 e. The number of amides is 2. The number of anilines is 1. The second kappa shape index (κ2) is 15.8. The number of halogens is 3. The molecule has 12 heteroatoms. The molecule has 0 unspecified atom stereocenters. The highest BCUT2D eigenvalue weighted by molar-refractivity contribution is 9.10. The lowest BCUT2D eigenvalue weighted by molar-refractivity contribution is -0.140. The van der Waals surface area contributed by atoms with Crippen LogP contribution in [0.25, 0.3) is 0 Å². The Morgan fingerprint density at radius 2 is 1.65 bits per heavy atom. The van der Waals surface area contributed by atoms with Crippen LogP contribution in [0.2, 0.25) is 10.0 Å². The molecule has 4 aromatic carbocycles. The topological polar surface area (TPSA) is 96.0 Å². The molecular formula is C34H34BrCl2N3O5S. The Morgan fingerprint density at radius 1 is 0.957 bits per heavy atom. The first kappa shape index (κ1) is 35.3.